The third-order valence-electron chi connectivity index (χ3n) is 2.67. The van der Waals surface area contributed by atoms with Crippen molar-refractivity contribution in [3.63, 3.8) is 0 Å². The number of halogens is 1. The summed E-state index contributed by atoms with van der Waals surface area (Å²) in [6, 6.07) is 1.61. The van der Waals surface area contributed by atoms with Gasteiger partial charge < -0.3 is 4.90 Å². The number of sulfone groups is 1. The predicted octanol–water partition coefficient (Wildman–Crippen LogP) is 1.36. The molecule has 8 heteroatoms. The third kappa shape index (κ3) is 3.07. The number of aromatic nitrogens is 2. The molecule has 1 saturated heterocycles. The Labute approximate surface area is 116 Å². The first kappa shape index (κ1) is 13.9. The fraction of sp³-hybridized carbons (Fsp3) is 0.600. The van der Waals surface area contributed by atoms with Crippen molar-refractivity contribution < 1.29 is 8.42 Å². The van der Waals surface area contributed by atoms with E-state index >= 15 is 0 Å². The molecule has 0 bridgehead atoms. The van der Waals surface area contributed by atoms with E-state index in [2.05, 4.69) is 9.97 Å². The highest BCUT2D eigenvalue weighted by atomic mass is 35.5. The number of nitrogens with zero attached hydrogens (tertiary/aromatic N) is 3. The molecular weight excluding hydrogens is 294 g/mol. The van der Waals surface area contributed by atoms with Crippen LogP contribution in [0, 0.1) is 6.92 Å². The van der Waals surface area contributed by atoms with Crippen LogP contribution in [0.1, 0.15) is 5.82 Å². The maximum Gasteiger partial charge on any atom is 0.169 e. The fourth-order valence-electron chi connectivity index (χ4n) is 1.86. The molecule has 1 unspecified atom stereocenters. The highest BCUT2D eigenvalue weighted by Gasteiger charge is 2.32. The maximum atomic E-state index is 11.8. The van der Waals surface area contributed by atoms with Gasteiger partial charge in [0, 0.05) is 30.4 Å². The Hall–Kier alpha value is -0.530. The lowest BCUT2D eigenvalue weighted by atomic mass is 10.4. The van der Waals surface area contributed by atoms with Crippen molar-refractivity contribution >= 4 is 39.0 Å². The Morgan fingerprint density at radius 2 is 2.22 bits per heavy atom. The quantitative estimate of drug-likeness (QED) is 0.769. The zero-order chi connectivity index (χ0) is 13.3. The summed E-state index contributed by atoms with van der Waals surface area (Å²) in [5, 5.41) is -0.204. The summed E-state index contributed by atoms with van der Waals surface area (Å²) in [5.41, 5.74) is 0. The number of aryl methyl sites for hydroxylation is 1. The molecule has 1 aliphatic heterocycles. The molecule has 0 radical (unpaired) electrons. The van der Waals surface area contributed by atoms with Crippen molar-refractivity contribution in [1.82, 2.24) is 9.97 Å². The molecule has 0 saturated carbocycles. The van der Waals surface area contributed by atoms with E-state index in [1.165, 1.54) is 6.26 Å². The van der Waals surface area contributed by atoms with Crippen molar-refractivity contribution in [1.29, 1.82) is 0 Å². The minimum Gasteiger partial charge on any atom is -0.338 e. The molecule has 100 valence electrons. The van der Waals surface area contributed by atoms with Gasteiger partial charge in [0.1, 0.15) is 22.2 Å². The van der Waals surface area contributed by atoms with Gasteiger partial charge in [0.2, 0.25) is 0 Å². The van der Waals surface area contributed by atoms with Crippen LogP contribution in [0.3, 0.4) is 0 Å². The number of rotatable bonds is 2. The van der Waals surface area contributed by atoms with Crippen molar-refractivity contribution in [2.45, 2.75) is 12.3 Å². The van der Waals surface area contributed by atoms with E-state index in [0.717, 1.165) is 5.75 Å². The number of thioether (sulfide) groups is 1. The summed E-state index contributed by atoms with van der Waals surface area (Å²) in [6.07, 6.45) is 1.26. The lowest BCUT2D eigenvalue weighted by Crippen LogP contribution is -2.47. The smallest absolute Gasteiger partial charge is 0.169 e. The highest BCUT2D eigenvalue weighted by molar-refractivity contribution is 8.01. The van der Waals surface area contributed by atoms with Crippen LogP contribution in [-0.4, -0.2) is 48.1 Å². The van der Waals surface area contributed by atoms with Crippen molar-refractivity contribution in [2.24, 2.45) is 0 Å². The van der Waals surface area contributed by atoms with Crippen molar-refractivity contribution in [3.8, 4) is 0 Å². The summed E-state index contributed by atoms with van der Waals surface area (Å²) in [4.78, 5) is 10.1. The molecule has 0 aliphatic carbocycles. The van der Waals surface area contributed by atoms with Crippen LogP contribution in [0.2, 0.25) is 5.15 Å². The van der Waals surface area contributed by atoms with Gasteiger partial charge >= 0.3 is 0 Å². The zero-order valence-corrected chi connectivity index (χ0v) is 12.5. The van der Waals surface area contributed by atoms with E-state index in [1.54, 1.807) is 29.7 Å². The first-order valence-corrected chi connectivity index (χ1v) is 8.91. The number of anilines is 1. The second-order valence-electron chi connectivity index (χ2n) is 4.15. The molecular formula is C10H14ClN3O2S2. The van der Waals surface area contributed by atoms with Crippen LogP contribution in [0.5, 0.6) is 0 Å². The van der Waals surface area contributed by atoms with E-state index in [0.29, 0.717) is 29.1 Å². The number of hydrogen-bond acceptors (Lipinski definition) is 6. The van der Waals surface area contributed by atoms with Gasteiger partial charge in [-0.15, -0.1) is 0 Å². The third-order valence-corrected chi connectivity index (χ3v) is 5.50. The Bertz CT molecular complexity index is 530. The van der Waals surface area contributed by atoms with Gasteiger partial charge in [-0.3, -0.25) is 0 Å². The summed E-state index contributed by atoms with van der Waals surface area (Å²) in [6.45, 7) is 2.39. The minimum absolute atomic E-state index is 0.336. The summed E-state index contributed by atoms with van der Waals surface area (Å²) in [5.74, 6) is 2.57. The van der Waals surface area contributed by atoms with Crippen LogP contribution in [0.15, 0.2) is 6.07 Å². The summed E-state index contributed by atoms with van der Waals surface area (Å²) >= 11 is 7.54. The van der Waals surface area contributed by atoms with Crippen LogP contribution >= 0.6 is 23.4 Å². The molecule has 0 spiro atoms. The van der Waals surface area contributed by atoms with Gasteiger partial charge in [-0.1, -0.05) is 11.6 Å². The van der Waals surface area contributed by atoms with E-state index in [1.807, 2.05) is 0 Å². The SMILES string of the molecule is Cc1nc(Cl)cc(N2CCSCC2S(C)(=O)=O)n1. The maximum absolute atomic E-state index is 11.8. The molecule has 1 aliphatic rings. The Morgan fingerprint density at radius 1 is 1.50 bits per heavy atom. The Kier molecular flexibility index (Phi) is 4.03. The van der Waals surface area contributed by atoms with Crippen LogP contribution in [-0.2, 0) is 9.84 Å². The Balaban J connectivity index is 2.40. The van der Waals surface area contributed by atoms with E-state index < -0.39 is 15.2 Å². The van der Waals surface area contributed by atoms with E-state index in [4.69, 9.17) is 11.6 Å². The average Bonchev–Trinajstić information content (AvgIpc) is 2.26. The van der Waals surface area contributed by atoms with E-state index in [-0.39, 0.29) is 0 Å². The average molecular weight is 308 g/mol. The molecule has 5 nitrogen and oxygen atoms in total. The molecule has 1 aromatic heterocycles. The molecule has 0 N–H and O–H groups in total. The zero-order valence-electron chi connectivity index (χ0n) is 10.1. The van der Waals surface area contributed by atoms with E-state index in [9.17, 15) is 8.42 Å². The lowest BCUT2D eigenvalue weighted by Gasteiger charge is -2.34. The summed E-state index contributed by atoms with van der Waals surface area (Å²) < 4.78 is 23.6. The summed E-state index contributed by atoms with van der Waals surface area (Å²) in [7, 11) is -3.15. The standard InChI is InChI=1S/C10H14ClN3O2S2/c1-7-12-8(11)5-9(13-7)14-3-4-17-6-10(14)18(2,15)16/h5,10H,3-4,6H2,1-2H3. The minimum atomic E-state index is -3.15. The van der Waals surface area contributed by atoms with Crippen LogP contribution in [0.25, 0.3) is 0 Å². The van der Waals surface area contributed by atoms with Crippen LogP contribution in [0.4, 0.5) is 5.82 Å². The molecule has 1 aromatic rings. The predicted molar refractivity (Wildman–Crippen MR) is 75.1 cm³/mol. The van der Waals surface area contributed by atoms with Crippen LogP contribution < -0.4 is 4.90 Å². The largest absolute Gasteiger partial charge is 0.338 e. The molecule has 2 heterocycles. The molecule has 1 fully saturated rings. The molecule has 0 amide bonds. The Morgan fingerprint density at radius 3 is 2.83 bits per heavy atom. The molecule has 1 atom stereocenters. The highest BCUT2D eigenvalue weighted by Crippen LogP contribution is 2.26. The number of hydrogen-bond donors (Lipinski definition) is 0. The molecule has 18 heavy (non-hydrogen) atoms. The van der Waals surface area contributed by atoms with Gasteiger partial charge in [-0.25, -0.2) is 18.4 Å². The monoisotopic (exact) mass is 307 g/mol. The lowest BCUT2D eigenvalue weighted by molar-refractivity contribution is 0.583. The van der Waals surface area contributed by atoms with Gasteiger partial charge in [-0.2, -0.15) is 11.8 Å². The second-order valence-corrected chi connectivity index (χ2v) is 7.89. The van der Waals surface area contributed by atoms with Crippen molar-refractivity contribution in [3.05, 3.63) is 17.0 Å². The van der Waals surface area contributed by atoms with Gasteiger partial charge in [0.05, 0.1) is 0 Å². The van der Waals surface area contributed by atoms with Crippen molar-refractivity contribution in [2.75, 3.05) is 29.2 Å². The fourth-order valence-corrected chi connectivity index (χ4v) is 4.91. The van der Waals surface area contributed by atoms with Gasteiger partial charge in [-0.05, 0) is 6.92 Å². The van der Waals surface area contributed by atoms with Gasteiger partial charge in [0.25, 0.3) is 0 Å². The normalized spacial score (nSPS) is 21.1. The first-order valence-electron chi connectivity index (χ1n) is 5.42. The first-order chi connectivity index (χ1) is 8.38. The molecule has 2 rings (SSSR count). The second kappa shape index (κ2) is 5.22. The molecule has 0 aromatic carbocycles. The van der Waals surface area contributed by atoms with Gasteiger partial charge in [0.15, 0.2) is 9.84 Å². The topological polar surface area (TPSA) is 63.2 Å².